The molecule has 0 atom stereocenters. The molecule has 14 heavy (non-hydrogen) atoms. The lowest BCUT2D eigenvalue weighted by Gasteiger charge is -2.09. The third-order valence-corrected chi connectivity index (χ3v) is 1.89. The Morgan fingerprint density at radius 3 is 2.57 bits per heavy atom. The zero-order chi connectivity index (χ0) is 10.4. The summed E-state index contributed by atoms with van der Waals surface area (Å²) in [5.74, 6) is 1.60. The van der Waals surface area contributed by atoms with E-state index in [1.165, 1.54) is 0 Å². The van der Waals surface area contributed by atoms with Crippen LogP contribution in [0.25, 0.3) is 0 Å². The van der Waals surface area contributed by atoms with E-state index in [4.69, 9.17) is 14.2 Å². The number of methoxy groups -OCH3 is 2. The van der Waals surface area contributed by atoms with Crippen molar-refractivity contribution in [2.75, 3.05) is 20.8 Å². The van der Waals surface area contributed by atoms with E-state index in [9.17, 15) is 0 Å². The van der Waals surface area contributed by atoms with E-state index >= 15 is 0 Å². The highest BCUT2D eigenvalue weighted by atomic mass is 16.5. The van der Waals surface area contributed by atoms with Crippen LogP contribution in [0.2, 0.25) is 0 Å². The quantitative estimate of drug-likeness (QED) is 0.719. The molecule has 1 radical (unpaired) electrons. The van der Waals surface area contributed by atoms with Crippen molar-refractivity contribution in [1.29, 1.82) is 0 Å². The maximum Gasteiger partial charge on any atom is 0.124 e. The summed E-state index contributed by atoms with van der Waals surface area (Å²) >= 11 is 0. The second-order valence-electron chi connectivity index (χ2n) is 2.73. The molecule has 3 nitrogen and oxygen atoms in total. The van der Waals surface area contributed by atoms with Crippen LogP contribution in [0.4, 0.5) is 0 Å². The molecule has 0 aliphatic rings. The van der Waals surface area contributed by atoms with Crippen LogP contribution >= 0.6 is 0 Å². The first-order chi connectivity index (χ1) is 6.81. The smallest absolute Gasteiger partial charge is 0.124 e. The molecular weight excluding hydrogens is 180 g/mol. The topological polar surface area (TPSA) is 27.7 Å². The van der Waals surface area contributed by atoms with E-state index in [1.807, 2.05) is 18.2 Å². The Balaban J connectivity index is 2.84. The predicted octanol–water partition coefficient (Wildman–Crippen LogP) is 2.05. The normalized spacial score (nSPS) is 9.93. The summed E-state index contributed by atoms with van der Waals surface area (Å²) in [6, 6.07) is 5.61. The Kier molecular flexibility index (Phi) is 4.26. The van der Waals surface area contributed by atoms with E-state index in [2.05, 4.69) is 6.92 Å². The molecular formula is C11H15O3. The lowest BCUT2D eigenvalue weighted by molar-refractivity contribution is 0.144. The van der Waals surface area contributed by atoms with Crippen LogP contribution < -0.4 is 9.47 Å². The molecule has 0 aromatic heterocycles. The number of benzene rings is 1. The van der Waals surface area contributed by atoms with Crippen molar-refractivity contribution in [2.24, 2.45) is 0 Å². The Morgan fingerprint density at radius 2 is 2.00 bits per heavy atom. The molecule has 0 aliphatic carbocycles. The zero-order valence-electron chi connectivity index (χ0n) is 8.58. The molecule has 0 amide bonds. The highest BCUT2D eigenvalue weighted by molar-refractivity contribution is 5.39. The van der Waals surface area contributed by atoms with Gasteiger partial charge in [-0.3, -0.25) is 0 Å². The fourth-order valence-corrected chi connectivity index (χ4v) is 1.18. The van der Waals surface area contributed by atoms with Gasteiger partial charge in [0, 0.05) is 12.2 Å². The van der Waals surface area contributed by atoms with Crippen molar-refractivity contribution in [3.63, 3.8) is 0 Å². The van der Waals surface area contributed by atoms with Crippen LogP contribution in [-0.4, -0.2) is 20.8 Å². The summed E-state index contributed by atoms with van der Waals surface area (Å²) < 4.78 is 15.5. The molecule has 0 saturated heterocycles. The van der Waals surface area contributed by atoms with Gasteiger partial charge in [-0.05, 0) is 25.1 Å². The first-order valence-corrected chi connectivity index (χ1v) is 4.39. The van der Waals surface area contributed by atoms with Crippen LogP contribution in [0, 0.1) is 6.92 Å². The third kappa shape index (κ3) is 2.64. The van der Waals surface area contributed by atoms with Crippen molar-refractivity contribution >= 4 is 0 Å². The van der Waals surface area contributed by atoms with Gasteiger partial charge in [-0.25, -0.2) is 0 Å². The summed E-state index contributed by atoms with van der Waals surface area (Å²) in [5, 5.41) is 0. The lowest BCUT2D eigenvalue weighted by atomic mass is 10.2. The average molecular weight is 195 g/mol. The minimum atomic E-state index is 0.445. The molecule has 77 valence electrons. The fourth-order valence-electron chi connectivity index (χ4n) is 1.18. The monoisotopic (exact) mass is 195 g/mol. The predicted molar refractivity (Wildman–Crippen MR) is 54.6 cm³/mol. The number of ether oxygens (including phenoxy) is 3. The lowest BCUT2D eigenvalue weighted by Crippen LogP contribution is -1.97. The fraction of sp³-hybridized carbons (Fsp3) is 0.364. The van der Waals surface area contributed by atoms with E-state index < -0.39 is 0 Å². The van der Waals surface area contributed by atoms with Gasteiger partial charge in [0.2, 0.25) is 0 Å². The van der Waals surface area contributed by atoms with Gasteiger partial charge in [0.05, 0.1) is 20.8 Å². The first kappa shape index (κ1) is 10.9. The van der Waals surface area contributed by atoms with E-state index in [0.717, 1.165) is 17.1 Å². The summed E-state index contributed by atoms with van der Waals surface area (Å²) in [4.78, 5) is 0. The van der Waals surface area contributed by atoms with Crippen LogP contribution in [0.3, 0.4) is 0 Å². The van der Waals surface area contributed by atoms with Gasteiger partial charge in [0.1, 0.15) is 11.5 Å². The minimum absolute atomic E-state index is 0.445. The van der Waals surface area contributed by atoms with Gasteiger partial charge in [-0.2, -0.15) is 0 Å². The van der Waals surface area contributed by atoms with E-state index in [0.29, 0.717) is 13.2 Å². The molecule has 3 heteroatoms. The summed E-state index contributed by atoms with van der Waals surface area (Å²) in [6.07, 6.45) is 0. The van der Waals surface area contributed by atoms with Gasteiger partial charge in [-0.1, -0.05) is 0 Å². The van der Waals surface area contributed by atoms with Crippen molar-refractivity contribution in [1.82, 2.24) is 0 Å². The number of hydrogen-bond acceptors (Lipinski definition) is 3. The molecule has 0 saturated carbocycles. The Morgan fingerprint density at radius 1 is 1.21 bits per heavy atom. The Hall–Kier alpha value is -1.22. The van der Waals surface area contributed by atoms with Gasteiger partial charge < -0.3 is 14.2 Å². The van der Waals surface area contributed by atoms with E-state index in [-0.39, 0.29) is 0 Å². The Labute approximate surface area is 84.6 Å². The molecule has 1 rings (SSSR count). The first-order valence-electron chi connectivity index (χ1n) is 4.39. The van der Waals surface area contributed by atoms with Crippen LogP contribution in [0.15, 0.2) is 18.2 Å². The molecule has 0 heterocycles. The van der Waals surface area contributed by atoms with Crippen LogP contribution in [-0.2, 0) is 11.3 Å². The molecule has 0 aliphatic heterocycles. The van der Waals surface area contributed by atoms with Gasteiger partial charge in [0.15, 0.2) is 0 Å². The van der Waals surface area contributed by atoms with Crippen LogP contribution in [0.1, 0.15) is 5.56 Å². The molecule has 1 aromatic carbocycles. The summed E-state index contributed by atoms with van der Waals surface area (Å²) in [6.45, 7) is 4.54. The second kappa shape index (κ2) is 5.50. The zero-order valence-corrected chi connectivity index (χ0v) is 8.58. The van der Waals surface area contributed by atoms with E-state index in [1.54, 1.807) is 14.2 Å². The maximum atomic E-state index is 5.21. The highest BCUT2D eigenvalue weighted by Crippen LogP contribution is 2.24. The van der Waals surface area contributed by atoms with Crippen molar-refractivity contribution in [3.05, 3.63) is 30.7 Å². The molecule has 1 aromatic rings. The molecule has 0 fully saturated rings. The number of hydrogen-bond donors (Lipinski definition) is 0. The maximum absolute atomic E-state index is 5.21. The molecule has 0 spiro atoms. The van der Waals surface area contributed by atoms with Crippen LogP contribution in [0.5, 0.6) is 11.5 Å². The second-order valence-corrected chi connectivity index (χ2v) is 2.73. The van der Waals surface area contributed by atoms with Gasteiger partial charge in [-0.15, -0.1) is 0 Å². The van der Waals surface area contributed by atoms with Gasteiger partial charge >= 0.3 is 0 Å². The van der Waals surface area contributed by atoms with Crippen molar-refractivity contribution in [3.8, 4) is 11.5 Å². The minimum Gasteiger partial charge on any atom is -0.497 e. The Bertz CT molecular complexity index is 284. The molecule has 0 unspecified atom stereocenters. The largest absolute Gasteiger partial charge is 0.497 e. The highest BCUT2D eigenvalue weighted by Gasteiger charge is 2.04. The van der Waals surface area contributed by atoms with Gasteiger partial charge in [0.25, 0.3) is 0 Å². The average Bonchev–Trinajstić information content (AvgIpc) is 2.25. The number of rotatable bonds is 5. The summed E-state index contributed by atoms with van der Waals surface area (Å²) in [7, 11) is 3.27. The third-order valence-electron chi connectivity index (χ3n) is 1.89. The van der Waals surface area contributed by atoms with Crippen molar-refractivity contribution < 1.29 is 14.2 Å². The SMILES string of the molecule is [CH2]COCc1cc(OC)ccc1OC. The van der Waals surface area contributed by atoms with Crippen molar-refractivity contribution in [2.45, 2.75) is 6.61 Å². The summed E-state index contributed by atoms with van der Waals surface area (Å²) in [5.41, 5.74) is 0.968. The molecule has 0 bridgehead atoms. The standard InChI is InChI=1S/C11H15O3/c1-4-14-8-9-7-10(12-2)5-6-11(9)13-3/h5-7H,1,4,8H2,2-3H3. The molecule has 0 N–H and O–H groups in total.